The van der Waals surface area contributed by atoms with Crippen molar-refractivity contribution < 1.29 is 4.79 Å². The van der Waals surface area contributed by atoms with Crippen LogP contribution in [0.15, 0.2) is 54.6 Å². The van der Waals surface area contributed by atoms with E-state index < -0.39 is 0 Å². The summed E-state index contributed by atoms with van der Waals surface area (Å²) in [5, 5.41) is 17.6. The van der Waals surface area contributed by atoms with Crippen LogP contribution in [0.3, 0.4) is 0 Å². The molecule has 1 aliphatic rings. The van der Waals surface area contributed by atoms with Crippen LogP contribution in [0.5, 0.6) is 0 Å². The van der Waals surface area contributed by atoms with Gasteiger partial charge in [0.05, 0.1) is 6.04 Å². The van der Waals surface area contributed by atoms with Gasteiger partial charge in [0.25, 0.3) is 0 Å². The summed E-state index contributed by atoms with van der Waals surface area (Å²) in [4.78, 5) is 12.6. The fourth-order valence-electron chi connectivity index (χ4n) is 3.62. The molecule has 1 aliphatic heterocycles. The molecule has 28 heavy (non-hydrogen) atoms. The van der Waals surface area contributed by atoms with Crippen LogP contribution in [-0.2, 0) is 0 Å². The number of aromatic nitrogens is 2. The molecule has 1 aromatic heterocycles. The fourth-order valence-corrected chi connectivity index (χ4v) is 3.62. The number of carbonyl (C=O) groups excluding carboxylic acids is 1. The standard InChI is InChI=1S/C22H21N5O/c23-13-19-20(26-27(22(19)24)18-7-4-12-25-14-18)15-8-10-17(11-9-15)21(28)16-5-2-1-3-6-16/h1-3,5-6,8-11,18,25H,4,7,12,14,24H2. The second-order valence-electron chi connectivity index (χ2n) is 6.94. The van der Waals surface area contributed by atoms with Crippen LogP contribution in [0.25, 0.3) is 11.3 Å². The van der Waals surface area contributed by atoms with Gasteiger partial charge < -0.3 is 11.1 Å². The molecule has 1 fully saturated rings. The highest BCUT2D eigenvalue weighted by Crippen LogP contribution is 2.30. The molecule has 140 valence electrons. The topological polar surface area (TPSA) is 96.7 Å². The minimum Gasteiger partial charge on any atom is -0.383 e. The van der Waals surface area contributed by atoms with Gasteiger partial charge >= 0.3 is 0 Å². The summed E-state index contributed by atoms with van der Waals surface area (Å²) < 4.78 is 1.77. The smallest absolute Gasteiger partial charge is 0.193 e. The predicted molar refractivity (Wildman–Crippen MR) is 108 cm³/mol. The molecular formula is C22H21N5O. The Bertz CT molecular complexity index is 1030. The number of hydrogen-bond acceptors (Lipinski definition) is 5. The molecule has 0 saturated carbocycles. The Morgan fingerprint density at radius 2 is 1.86 bits per heavy atom. The van der Waals surface area contributed by atoms with Crippen molar-refractivity contribution in [2.45, 2.75) is 18.9 Å². The molecule has 1 saturated heterocycles. The number of nitrogens with zero attached hydrogens (tertiary/aromatic N) is 3. The summed E-state index contributed by atoms with van der Waals surface area (Å²) in [6.07, 6.45) is 2.03. The molecule has 3 N–H and O–H groups in total. The molecule has 0 radical (unpaired) electrons. The van der Waals surface area contributed by atoms with Crippen LogP contribution in [0, 0.1) is 11.3 Å². The minimum atomic E-state index is -0.0361. The number of carbonyl (C=O) groups is 1. The van der Waals surface area contributed by atoms with Crippen molar-refractivity contribution in [3.63, 3.8) is 0 Å². The highest BCUT2D eigenvalue weighted by atomic mass is 16.1. The van der Waals surface area contributed by atoms with Crippen molar-refractivity contribution >= 4 is 11.6 Å². The maximum absolute atomic E-state index is 12.6. The number of nitriles is 1. The van der Waals surface area contributed by atoms with Crippen LogP contribution in [-0.4, -0.2) is 28.7 Å². The lowest BCUT2D eigenvalue weighted by Crippen LogP contribution is -2.32. The monoisotopic (exact) mass is 371 g/mol. The Labute approximate surface area is 163 Å². The third-order valence-electron chi connectivity index (χ3n) is 5.13. The first kappa shape index (κ1) is 18.0. The van der Waals surface area contributed by atoms with E-state index >= 15 is 0 Å². The zero-order valence-corrected chi connectivity index (χ0v) is 15.4. The zero-order valence-electron chi connectivity index (χ0n) is 15.4. The van der Waals surface area contributed by atoms with E-state index in [-0.39, 0.29) is 11.8 Å². The normalized spacial score (nSPS) is 16.5. The summed E-state index contributed by atoms with van der Waals surface area (Å²) >= 11 is 0. The Kier molecular flexibility index (Phi) is 4.92. The first-order valence-electron chi connectivity index (χ1n) is 9.38. The Morgan fingerprint density at radius 1 is 1.14 bits per heavy atom. The van der Waals surface area contributed by atoms with Crippen LogP contribution >= 0.6 is 0 Å². The van der Waals surface area contributed by atoms with Gasteiger partial charge in [-0.15, -0.1) is 0 Å². The number of ketones is 1. The van der Waals surface area contributed by atoms with E-state index in [1.807, 2.05) is 30.3 Å². The second-order valence-corrected chi connectivity index (χ2v) is 6.94. The maximum Gasteiger partial charge on any atom is 0.193 e. The molecule has 0 spiro atoms. The lowest BCUT2D eigenvalue weighted by Gasteiger charge is -2.23. The van der Waals surface area contributed by atoms with E-state index in [1.165, 1.54) is 0 Å². The first-order valence-corrected chi connectivity index (χ1v) is 9.38. The average molecular weight is 371 g/mol. The van der Waals surface area contributed by atoms with Gasteiger partial charge in [-0.1, -0.05) is 54.6 Å². The molecule has 4 rings (SSSR count). The van der Waals surface area contributed by atoms with Crippen LogP contribution < -0.4 is 11.1 Å². The van der Waals surface area contributed by atoms with Crippen LogP contribution in [0.4, 0.5) is 5.82 Å². The van der Waals surface area contributed by atoms with E-state index in [9.17, 15) is 10.1 Å². The van der Waals surface area contributed by atoms with Gasteiger partial charge in [-0.2, -0.15) is 10.4 Å². The Balaban J connectivity index is 1.66. The van der Waals surface area contributed by atoms with Crippen LogP contribution in [0.1, 0.15) is 40.4 Å². The quantitative estimate of drug-likeness (QED) is 0.687. The lowest BCUT2D eigenvalue weighted by molar-refractivity contribution is 0.103. The number of rotatable bonds is 4. The number of hydrogen-bond donors (Lipinski definition) is 2. The number of nitrogens with two attached hydrogens (primary N) is 1. The van der Waals surface area contributed by atoms with Gasteiger partial charge in [-0.05, 0) is 19.4 Å². The highest BCUT2D eigenvalue weighted by Gasteiger charge is 2.23. The second kappa shape index (κ2) is 7.67. The molecule has 1 unspecified atom stereocenters. The Morgan fingerprint density at radius 3 is 2.50 bits per heavy atom. The summed E-state index contributed by atoms with van der Waals surface area (Å²) in [5.74, 6) is 0.363. The van der Waals surface area contributed by atoms with Crippen molar-refractivity contribution in [3.8, 4) is 17.3 Å². The van der Waals surface area contributed by atoms with Gasteiger partial charge in [0.2, 0.25) is 0 Å². The van der Waals surface area contributed by atoms with Crippen molar-refractivity contribution in [2.24, 2.45) is 0 Å². The molecule has 3 aromatic rings. The van der Waals surface area contributed by atoms with Gasteiger partial charge in [0.1, 0.15) is 23.1 Å². The number of benzene rings is 2. The fraction of sp³-hybridized carbons (Fsp3) is 0.227. The SMILES string of the molecule is N#Cc1c(-c2ccc(C(=O)c3ccccc3)cc2)nn(C2CCCNC2)c1N. The van der Waals surface area contributed by atoms with Gasteiger partial charge in [-0.25, -0.2) is 4.68 Å². The number of nitrogen functional groups attached to an aromatic ring is 1. The predicted octanol–water partition coefficient (Wildman–Crippen LogP) is 3.16. The molecule has 6 nitrogen and oxygen atoms in total. The molecule has 2 heterocycles. The molecule has 2 aromatic carbocycles. The summed E-state index contributed by atoms with van der Waals surface area (Å²) in [5.41, 5.74) is 9.19. The molecule has 6 heteroatoms. The molecule has 0 amide bonds. The molecule has 0 aliphatic carbocycles. The molecule has 0 bridgehead atoms. The molecule has 1 atom stereocenters. The lowest BCUT2D eigenvalue weighted by atomic mass is 10.0. The number of piperidine rings is 1. The summed E-state index contributed by atoms with van der Waals surface area (Å²) in [7, 11) is 0. The van der Waals surface area contributed by atoms with Gasteiger partial charge in [-0.3, -0.25) is 4.79 Å². The summed E-state index contributed by atoms with van der Waals surface area (Å²) in [6.45, 7) is 1.78. The minimum absolute atomic E-state index is 0.0361. The molecular weight excluding hydrogens is 350 g/mol. The third kappa shape index (κ3) is 3.28. The van der Waals surface area contributed by atoms with Crippen molar-refractivity contribution in [1.29, 1.82) is 5.26 Å². The summed E-state index contributed by atoms with van der Waals surface area (Å²) in [6, 6.07) is 18.7. The van der Waals surface area contributed by atoms with E-state index in [0.717, 1.165) is 31.5 Å². The zero-order chi connectivity index (χ0) is 19.5. The third-order valence-corrected chi connectivity index (χ3v) is 5.13. The van der Waals surface area contributed by atoms with Gasteiger partial charge in [0, 0.05) is 23.2 Å². The maximum atomic E-state index is 12.6. The largest absolute Gasteiger partial charge is 0.383 e. The van der Waals surface area contributed by atoms with E-state index in [4.69, 9.17) is 5.73 Å². The first-order chi connectivity index (χ1) is 13.7. The highest BCUT2D eigenvalue weighted by molar-refractivity contribution is 6.09. The van der Waals surface area contributed by atoms with Crippen LogP contribution in [0.2, 0.25) is 0 Å². The average Bonchev–Trinajstić information content (AvgIpc) is 3.11. The number of anilines is 1. The van der Waals surface area contributed by atoms with Crippen molar-refractivity contribution in [2.75, 3.05) is 18.8 Å². The Hall–Kier alpha value is -3.43. The van der Waals surface area contributed by atoms with Crippen molar-refractivity contribution in [3.05, 3.63) is 71.3 Å². The van der Waals surface area contributed by atoms with E-state index in [0.29, 0.717) is 28.2 Å². The van der Waals surface area contributed by atoms with Crippen molar-refractivity contribution in [1.82, 2.24) is 15.1 Å². The van der Waals surface area contributed by atoms with E-state index in [1.54, 1.807) is 28.9 Å². The van der Waals surface area contributed by atoms with E-state index in [2.05, 4.69) is 16.5 Å². The van der Waals surface area contributed by atoms with Gasteiger partial charge in [0.15, 0.2) is 5.78 Å². The number of nitrogens with one attached hydrogen (secondary N) is 1.